The summed E-state index contributed by atoms with van der Waals surface area (Å²) in [4.78, 5) is 41.3. The maximum Gasteiger partial charge on any atom is 0.322 e. The third-order valence-corrected chi connectivity index (χ3v) is 8.18. The number of carboxylic acid groups (broad SMARTS) is 1. The molecule has 0 radical (unpaired) electrons. The molecule has 0 aromatic heterocycles. The van der Waals surface area contributed by atoms with E-state index in [1.807, 2.05) is 60.7 Å². The van der Waals surface area contributed by atoms with Crippen molar-refractivity contribution < 1.29 is 19.5 Å². The van der Waals surface area contributed by atoms with E-state index in [0.717, 1.165) is 29.3 Å². The molecule has 5 rings (SSSR count). The Bertz CT molecular complexity index is 1110. The highest BCUT2D eigenvalue weighted by Gasteiger charge is 2.59. The second-order valence-electron chi connectivity index (χ2n) is 8.25. The lowest BCUT2D eigenvalue weighted by molar-refractivity contribution is -0.156. The van der Waals surface area contributed by atoms with E-state index < -0.39 is 28.7 Å². The minimum atomic E-state index is -1.06. The monoisotopic (exact) mass is 483 g/mol. The van der Waals surface area contributed by atoms with Crippen molar-refractivity contribution in [2.75, 3.05) is 0 Å². The van der Waals surface area contributed by atoms with Crippen LogP contribution >= 0.6 is 23.4 Å². The Morgan fingerprint density at radius 3 is 2.36 bits per heavy atom. The van der Waals surface area contributed by atoms with Crippen LogP contribution in [0.15, 0.2) is 71.9 Å². The fraction of sp³-hybridized carbons (Fsp3) is 0.292. The summed E-state index contributed by atoms with van der Waals surface area (Å²) >= 11 is 7.19. The van der Waals surface area contributed by atoms with E-state index in [4.69, 9.17) is 11.6 Å². The van der Waals surface area contributed by atoms with E-state index in [9.17, 15) is 19.5 Å². The predicted octanol–water partition coefficient (Wildman–Crippen LogP) is 2.94. The van der Waals surface area contributed by atoms with Crippen LogP contribution in [-0.2, 0) is 20.8 Å². The SMILES string of the molecule is O=C(O)C1S[C@@H]2C(N3C(=O)C(c4ccccc4)NC3CCc3ccccc3)C(=O)N2C=C1Cl. The Balaban J connectivity index is 1.43. The number of thioether (sulfide) groups is 1. The second-order valence-corrected chi connectivity index (χ2v) is 9.91. The maximum atomic E-state index is 13.6. The van der Waals surface area contributed by atoms with Gasteiger partial charge in [-0.05, 0) is 24.0 Å². The Kier molecular flexibility index (Phi) is 5.90. The number of carbonyl (C=O) groups is 3. The lowest BCUT2D eigenvalue weighted by Crippen LogP contribution is -2.70. The van der Waals surface area contributed by atoms with Gasteiger partial charge in [0, 0.05) is 6.20 Å². The summed E-state index contributed by atoms with van der Waals surface area (Å²) in [6, 6.07) is 18.1. The smallest absolute Gasteiger partial charge is 0.322 e. The number of nitrogens with zero attached hydrogens (tertiary/aromatic N) is 2. The van der Waals surface area contributed by atoms with E-state index in [1.54, 1.807) is 4.90 Å². The highest BCUT2D eigenvalue weighted by atomic mass is 35.5. The van der Waals surface area contributed by atoms with Crippen molar-refractivity contribution in [2.24, 2.45) is 0 Å². The lowest BCUT2D eigenvalue weighted by Gasteiger charge is -2.52. The van der Waals surface area contributed by atoms with Crippen molar-refractivity contribution in [3.8, 4) is 0 Å². The zero-order valence-corrected chi connectivity index (χ0v) is 19.1. The molecule has 0 aliphatic carbocycles. The minimum Gasteiger partial charge on any atom is -0.480 e. The first-order valence-corrected chi connectivity index (χ1v) is 12.0. The summed E-state index contributed by atoms with van der Waals surface area (Å²) in [5.41, 5.74) is 1.98. The Labute approximate surface area is 200 Å². The van der Waals surface area contributed by atoms with Crippen molar-refractivity contribution in [1.29, 1.82) is 0 Å². The van der Waals surface area contributed by atoms with Crippen LogP contribution in [0.3, 0.4) is 0 Å². The molecule has 2 N–H and O–H groups in total. The van der Waals surface area contributed by atoms with Crippen LogP contribution in [0.25, 0.3) is 0 Å². The molecule has 4 unspecified atom stereocenters. The van der Waals surface area contributed by atoms with Gasteiger partial charge in [0.15, 0.2) is 0 Å². The van der Waals surface area contributed by atoms with Crippen LogP contribution in [0.2, 0.25) is 0 Å². The molecule has 2 saturated heterocycles. The van der Waals surface area contributed by atoms with Crippen LogP contribution in [0, 0.1) is 0 Å². The van der Waals surface area contributed by atoms with E-state index in [0.29, 0.717) is 6.42 Å². The first-order valence-electron chi connectivity index (χ1n) is 10.7. The van der Waals surface area contributed by atoms with Gasteiger partial charge in [-0.3, -0.25) is 19.7 Å². The van der Waals surface area contributed by atoms with Crippen molar-refractivity contribution in [3.63, 3.8) is 0 Å². The molecule has 2 amide bonds. The van der Waals surface area contributed by atoms with Crippen LogP contribution in [0.4, 0.5) is 0 Å². The molecular formula is C24H22ClN3O4S. The number of benzene rings is 2. The topological polar surface area (TPSA) is 90.0 Å². The molecule has 2 fully saturated rings. The number of hydrogen-bond acceptors (Lipinski definition) is 5. The summed E-state index contributed by atoms with van der Waals surface area (Å²) in [6.45, 7) is 0. The molecule has 9 heteroatoms. The number of carboxylic acids is 1. The van der Waals surface area contributed by atoms with Gasteiger partial charge in [-0.25, -0.2) is 0 Å². The van der Waals surface area contributed by atoms with Crippen molar-refractivity contribution in [1.82, 2.24) is 15.1 Å². The number of aryl methyl sites for hydroxylation is 1. The Morgan fingerprint density at radius 1 is 1.03 bits per heavy atom. The maximum absolute atomic E-state index is 13.6. The third-order valence-electron chi connectivity index (χ3n) is 6.24. The quantitative estimate of drug-likeness (QED) is 0.614. The Morgan fingerprint density at radius 2 is 1.70 bits per heavy atom. The number of rotatable bonds is 6. The zero-order valence-electron chi connectivity index (χ0n) is 17.5. The first-order chi connectivity index (χ1) is 16.0. The number of halogens is 1. The van der Waals surface area contributed by atoms with E-state index in [1.165, 1.54) is 11.1 Å². The first kappa shape index (κ1) is 22.0. The fourth-order valence-electron chi connectivity index (χ4n) is 4.62. The van der Waals surface area contributed by atoms with Gasteiger partial charge in [0.2, 0.25) is 5.91 Å². The molecule has 33 heavy (non-hydrogen) atoms. The fourth-order valence-corrected chi connectivity index (χ4v) is 6.25. The van der Waals surface area contributed by atoms with Crippen molar-refractivity contribution in [3.05, 3.63) is 83.0 Å². The highest BCUT2D eigenvalue weighted by Crippen LogP contribution is 2.45. The summed E-state index contributed by atoms with van der Waals surface area (Å²) in [7, 11) is 0. The lowest BCUT2D eigenvalue weighted by atomic mass is 10.0. The molecule has 0 saturated carbocycles. The molecule has 170 valence electrons. The van der Waals surface area contributed by atoms with Crippen LogP contribution in [0.5, 0.6) is 0 Å². The predicted molar refractivity (Wildman–Crippen MR) is 125 cm³/mol. The number of β-lactam (4-membered cyclic amide) rings is 1. The average Bonchev–Trinajstić information content (AvgIpc) is 3.14. The van der Waals surface area contributed by atoms with E-state index in [2.05, 4.69) is 5.32 Å². The Hall–Kier alpha value is -2.81. The van der Waals surface area contributed by atoms with Gasteiger partial charge in [-0.1, -0.05) is 72.3 Å². The molecule has 3 heterocycles. The van der Waals surface area contributed by atoms with E-state index >= 15 is 0 Å². The van der Waals surface area contributed by atoms with Gasteiger partial charge in [0.25, 0.3) is 5.91 Å². The number of amides is 2. The molecule has 2 aromatic carbocycles. The van der Waals surface area contributed by atoms with Crippen LogP contribution < -0.4 is 5.32 Å². The number of hydrogen-bond donors (Lipinski definition) is 2. The van der Waals surface area contributed by atoms with Crippen molar-refractivity contribution >= 4 is 41.1 Å². The highest BCUT2D eigenvalue weighted by molar-refractivity contribution is 8.01. The van der Waals surface area contributed by atoms with Crippen LogP contribution in [-0.4, -0.2) is 55.5 Å². The van der Waals surface area contributed by atoms with Gasteiger partial charge < -0.3 is 14.9 Å². The standard InChI is InChI=1S/C24H22ClN3O4S/c25-16-13-27-22(30)19(23(27)33-20(16)24(31)32)28-17(12-11-14-7-3-1-4-8-14)26-18(21(28)29)15-9-5-2-6-10-15/h1-10,13,17-20,23,26H,11-12H2,(H,31,32)/t17?,18?,19?,20?,23-/m1/s1. The van der Waals surface area contributed by atoms with Gasteiger partial charge in [0.1, 0.15) is 22.7 Å². The number of carbonyl (C=O) groups excluding carboxylic acids is 2. The molecule has 3 aliphatic rings. The number of aliphatic carboxylic acids is 1. The second kappa shape index (κ2) is 8.85. The zero-order chi connectivity index (χ0) is 23.1. The normalized spacial score (nSPS) is 28.9. The number of fused-ring (bicyclic) bond motifs is 1. The molecule has 3 aliphatic heterocycles. The summed E-state index contributed by atoms with van der Waals surface area (Å²) < 4.78 is 0. The van der Waals surface area contributed by atoms with Gasteiger partial charge in [-0.2, -0.15) is 0 Å². The minimum absolute atomic E-state index is 0.101. The molecule has 0 spiro atoms. The number of nitrogens with one attached hydrogen (secondary N) is 1. The van der Waals surface area contributed by atoms with Gasteiger partial charge in [0.05, 0.1) is 11.2 Å². The van der Waals surface area contributed by atoms with Crippen LogP contribution in [0.1, 0.15) is 23.6 Å². The van der Waals surface area contributed by atoms with Gasteiger partial charge in [-0.15, -0.1) is 11.8 Å². The van der Waals surface area contributed by atoms with Gasteiger partial charge >= 0.3 is 5.97 Å². The summed E-state index contributed by atoms with van der Waals surface area (Å²) in [5.74, 6) is -1.49. The summed E-state index contributed by atoms with van der Waals surface area (Å²) in [6.07, 6.45) is 2.39. The summed E-state index contributed by atoms with van der Waals surface area (Å²) in [5, 5.41) is 11.6. The molecule has 7 nitrogen and oxygen atoms in total. The average molecular weight is 484 g/mol. The largest absolute Gasteiger partial charge is 0.480 e. The molecule has 0 bridgehead atoms. The molecule has 5 atom stereocenters. The molecular weight excluding hydrogens is 462 g/mol. The molecule has 2 aromatic rings. The third kappa shape index (κ3) is 3.92. The van der Waals surface area contributed by atoms with E-state index in [-0.39, 0.29) is 23.0 Å². The van der Waals surface area contributed by atoms with Crippen molar-refractivity contribution in [2.45, 2.75) is 41.7 Å².